The first kappa shape index (κ1) is 15.5. The number of aldehydes is 1. The summed E-state index contributed by atoms with van der Waals surface area (Å²) in [5, 5.41) is 9.41. The van der Waals surface area contributed by atoms with Crippen LogP contribution >= 0.6 is 11.6 Å². The maximum Gasteiger partial charge on any atom is 0.153 e. The summed E-state index contributed by atoms with van der Waals surface area (Å²) in [5.41, 5.74) is 0.179. The molecule has 0 aliphatic heterocycles. The molecule has 0 fully saturated rings. The van der Waals surface area contributed by atoms with Crippen LogP contribution in [0, 0.1) is 16.7 Å². The minimum absolute atomic E-state index is 0.284. The molecular weight excluding hydrogens is 262 g/mol. The topological polar surface area (TPSA) is 50.1 Å². The van der Waals surface area contributed by atoms with Crippen LogP contribution in [0.15, 0.2) is 18.2 Å². The van der Waals surface area contributed by atoms with E-state index in [-0.39, 0.29) is 5.41 Å². The highest BCUT2D eigenvalue weighted by atomic mass is 35.5. The molecule has 0 bridgehead atoms. The lowest BCUT2D eigenvalue weighted by Gasteiger charge is -2.14. The summed E-state index contributed by atoms with van der Waals surface area (Å²) in [6.45, 7) is 4.39. The Morgan fingerprint density at radius 1 is 1.42 bits per heavy atom. The predicted octanol–water partition coefficient (Wildman–Crippen LogP) is 4.25. The second-order valence-electron chi connectivity index (χ2n) is 5.10. The first-order valence-electron chi connectivity index (χ1n) is 6.27. The first-order chi connectivity index (χ1) is 8.98. The van der Waals surface area contributed by atoms with E-state index >= 15 is 0 Å². The summed E-state index contributed by atoms with van der Waals surface area (Å²) in [4.78, 5) is 10.9. The third-order valence-corrected chi connectivity index (χ3v) is 3.09. The van der Waals surface area contributed by atoms with Crippen molar-refractivity contribution in [2.24, 2.45) is 5.41 Å². The Kier molecular flexibility index (Phi) is 5.85. The molecule has 0 heterocycles. The van der Waals surface area contributed by atoms with Gasteiger partial charge in [0.25, 0.3) is 0 Å². The summed E-state index contributed by atoms with van der Waals surface area (Å²) in [6, 6.07) is 7.26. The number of carbonyl (C=O) groups excluding carboxylic acids is 1. The van der Waals surface area contributed by atoms with Gasteiger partial charge in [-0.25, -0.2) is 0 Å². The fraction of sp³-hybridized carbons (Fsp3) is 0.467. The highest BCUT2D eigenvalue weighted by molar-refractivity contribution is 6.30. The van der Waals surface area contributed by atoms with Gasteiger partial charge < -0.3 is 4.74 Å². The predicted molar refractivity (Wildman–Crippen MR) is 75.6 cm³/mol. The van der Waals surface area contributed by atoms with Gasteiger partial charge in [0, 0.05) is 5.02 Å². The quantitative estimate of drug-likeness (QED) is 0.554. The Bertz CT molecular complexity index is 478. The van der Waals surface area contributed by atoms with Gasteiger partial charge in [-0.15, -0.1) is 0 Å². The van der Waals surface area contributed by atoms with Crippen LogP contribution in [0.3, 0.4) is 0 Å². The molecule has 0 N–H and O–H groups in total. The van der Waals surface area contributed by atoms with E-state index in [0.29, 0.717) is 22.9 Å². The maximum absolute atomic E-state index is 10.9. The van der Waals surface area contributed by atoms with Crippen LogP contribution in [0.2, 0.25) is 5.02 Å². The Morgan fingerprint density at radius 3 is 2.79 bits per heavy atom. The molecule has 0 saturated carbocycles. The molecule has 0 atom stereocenters. The number of unbranched alkanes of at least 4 members (excludes halogenated alkanes) is 1. The third-order valence-electron chi connectivity index (χ3n) is 2.86. The molecule has 0 aliphatic rings. The van der Waals surface area contributed by atoms with E-state index in [9.17, 15) is 4.79 Å². The lowest BCUT2D eigenvalue weighted by molar-refractivity contribution is 0.111. The molecule has 0 saturated heterocycles. The molecule has 19 heavy (non-hydrogen) atoms. The Labute approximate surface area is 119 Å². The van der Waals surface area contributed by atoms with Gasteiger partial charge in [0.05, 0.1) is 23.7 Å². The number of nitrogens with zero attached hydrogens (tertiary/aromatic N) is 1. The van der Waals surface area contributed by atoms with E-state index in [1.807, 2.05) is 13.8 Å². The summed E-state index contributed by atoms with van der Waals surface area (Å²) in [6.07, 6.45) is 3.35. The van der Waals surface area contributed by atoms with Crippen molar-refractivity contribution in [3.8, 4) is 11.8 Å². The van der Waals surface area contributed by atoms with Crippen molar-refractivity contribution in [3.63, 3.8) is 0 Å². The van der Waals surface area contributed by atoms with Crippen molar-refractivity contribution < 1.29 is 9.53 Å². The Hall–Kier alpha value is -1.53. The minimum Gasteiger partial charge on any atom is -0.493 e. The zero-order valence-corrected chi connectivity index (χ0v) is 12.0. The smallest absolute Gasteiger partial charge is 0.153 e. The summed E-state index contributed by atoms with van der Waals surface area (Å²) < 4.78 is 5.56. The van der Waals surface area contributed by atoms with Crippen LogP contribution in [0.25, 0.3) is 0 Å². The van der Waals surface area contributed by atoms with Crippen LogP contribution in [-0.2, 0) is 0 Å². The van der Waals surface area contributed by atoms with Gasteiger partial charge in [-0.2, -0.15) is 5.26 Å². The van der Waals surface area contributed by atoms with E-state index in [2.05, 4.69) is 6.07 Å². The average molecular weight is 280 g/mol. The van der Waals surface area contributed by atoms with Crippen LogP contribution < -0.4 is 4.74 Å². The number of halogens is 1. The van der Waals surface area contributed by atoms with Crippen molar-refractivity contribution in [3.05, 3.63) is 28.8 Å². The summed E-state index contributed by atoms with van der Waals surface area (Å²) in [7, 11) is 0. The van der Waals surface area contributed by atoms with Crippen LogP contribution in [0.1, 0.15) is 43.5 Å². The molecule has 0 unspecified atom stereocenters. The summed E-state index contributed by atoms with van der Waals surface area (Å²) >= 11 is 5.80. The van der Waals surface area contributed by atoms with Crippen molar-refractivity contribution in [1.29, 1.82) is 5.26 Å². The van der Waals surface area contributed by atoms with Crippen molar-refractivity contribution in [2.45, 2.75) is 33.1 Å². The Balaban J connectivity index is 2.38. The largest absolute Gasteiger partial charge is 0.493 e. The number of nitriles is 1. The lowest BCUT2D eigenvalue weighted by atomic mass is 9.89. The van der Waals surface area contributed by atoms with Gasteiger partial charge in [-0.3, -0.25) is 4.79 Å². The highest BCUT2D eigenvalue weighted by Gasteiger charge is 2.15. The van der Waals surface area contributed by atoms with Crippen molar-refractivity contribution in [1.82, 2.24) is 0 Å². The van der Waals surface area contributed by atoms with Gasteiger partial charge in [0.15, 0.2) is 6.29 Å². The summed E-state index contributed by atoms with van der Waals surface area (Å²) in [5.74, 6) is 0.555. The number of rotatable bonds is 7. The monoisotopic (exact) mass is 279 g/mol. The number of hydrogen-bond acceptors (Lipinski definition) is 3. The minimum atomic E-state index is -0.284. The normalized spacial score (nSPS) is 10.8. The highest BCUT2D eigenvalue weighted by Crippen LogP contribution is 2.23. The SMILES string of the molecule is CC(C)(C#N)CCCCOc1ccc(Cl)cc1C=O. The molecule has 0 spiro atoms. The number of hydrogen-bond donors (Lipinski definition) is 0. The molecule has 1 aromatic rings. The van der Waals surface area contributed by atoms with E-state index in [0.717, 1.165) is 25.5 Å². The molecule has 3 nitrogen and oxygen atoms in total. The van der Waals surface area contributed by atoms with Crippen molar-refractivity contribution >= 4 is 17.9 Å². The zero-order chi connectivity index (χ0) is 14.3. The number of benzene rings is 1. The van der Waals surface area contributed by atoms with Gasteiger partial charge in [0.2, 0.25) is 0 Å². The Morgan fingerprint density at radius 2 is 2.16 bits per heavy atom. The number of ether oxygens (including phenoxy) is 1. The molecule has 102 valence electrons. The third kappa shape index (κ3) is 5.32. The van der Waals surface area contributed by atoms with E-state index in [4.69, 9.17) is 21.6 Å². The second-order valence-corrected chi connectivity index (χ2v) is 5.54. The fourth-order valence-electron chi connectivity index (χ4n) is 1.65. The van der Waals surface area contributed by atoms with Crippen LogP contribution in [0.5, 0.6) is 5.75 Å². The average Bonchev–Trinajstić information content (AvgIpc) is 2.39. The van der Waals surface area contributed by atoms with Crippen LogP contribution in [-0.4, -0.2) is 12.9 Å². The lowest BCUT2D eigenvalue weighted by Crippen LogP contribution is -2.08. The van der Waals surface area contributed by atoms with Crippen molar-refractivity contribution in [2.75, 3.05) is 6.61 Å². The molecule has 1 rings (SSSR count). The van der Waals surface area contributed by atoms with Gasteiger partial charge in [-0.1, -0.05) is 11.6 Å². The molecule has 0 aliphatic carbocycles. The molecular formula is C15H18ClNO2. The van der Waals surface area contributed by atoms with E-state index in [1.54, 1.807) is 18.2 Å². The van der Waals surface area contributed by atoms with E-state index in [1.165, 1.54) is 0 Å². The van der Waals surface area contributed by atoms with Gasteiger partial charge in [-0.05, 0) is 51.3 Å². The van der Waals surface area contributed by atoms with Gasteiger partial charge >= 0.3 is 0 Å². The molecule has 0 amide bonds. The molecule has 0 radical (unpaired) electrons. The fourth-order valence-corrected chi connectivity index (χ4v) is 1.83. The first-order valence-corrected chi connectivity index (χ1v) is 6.65. The van der Waals surface area contributed by atoms with Crippen LogP contribution in [0.4, 0.5) is 0 Å². The van der Waals surface area contributed by atoms with E-state index < -0.39 is 0 Å². The standard InChI is InChI=1S/C15H18ClNO2/c1-15(2,11-17)7-3-4-8-19-14-6-5-13(16)9-12(14)10-18/h5-6,9-10H,3-4,7-8H2,1-2H3. The molecule has 1 aromatic carbocycles. The van der Waals surface area contributed by atoms with Gasteiger partial charge in [0.1, 0.15) is 5.75 Å². The second kappa shape index (κ2) is 7.16. The number of carbonyl (C=O) groups is 1. The zero-order valence-electron chi connectivity index (χ0n) is 11.3. The molecule has 0 aromatic heterocycles. The molecule has 4 heteroatoms. The maximum atomic E-state index is 10.9.